The summed E-state index contributed by atoms with van der Waals surface area (Å²) in [7, 11) is 0. The number of nitrogens with zero attached hydrogens (tertiary/aromatic N) is 1. The molecule has 1 heterocycles. The minimum atomic E-state index is -0.255. The molecule has 0 saturated heterocycles. The molecular formula is C10H10N2O. The van der Waals surface area contributed by atoms with Crippen molar-refractivity contribution in [1.82, 2.24) is 4.98 Å². The number of H-pyrrole nitrogens is 1. The lowest BCUT2D eigenvalue weighted by molar-refractivity contribution is 0.745. The van der Waals surface area contributed by atoms with Gasteiger partial charge in [0.15, 0.2) is 0 Å². The van der Waals surface area contributed by atoms with Crippen LogP contribution in [-0.4, -0.2) is 4.98 Å². The molecule has 1 atom stereocenters. The summed E-state index contributed by atoms with van der Waals surface area (Å²) >= 11 is 0. The molecular weight excluding hydrogens is 164 g/mol. The third kappa shape index (κ3) is 1.06. The molecule has 0 bridgehead atoms. The lowest BCUT2D eigenvalue weighted by Crippen LogP contribution is -2.13. The SMILES string of the molecule is CC1CCc2c[nH]c(=O)c(C#N)c21. The van der Waals surface area contributed by atoms with Crippen LogP contribution in [0.3, 0.4) is 0 Å². The molecule has 1 aromatic rings. The van der Waals surface area contributed by atoms with E-state index in [4.69, 9.17) is 5.26 Å². The van der Waals surface area contributed by atoms with Gasteiger partial charge in [0.1, 0.15) is 11.6 Å². The minimum absolute atomic E-state index is 0.255. The lowest BCUT2D eigenvalue weighted by Gasteiger charge is -2.04. The molecule has 1 aliphatic carbocycles. The first-order valence-corrected chi connectivity index (χ1v) is 4.38. The maximum atomic E-state index is 11.3. The Kier molecular flexibility index (Phi) is 1.70. The van der Waals surface area contributed by atoms with Crippen molar-refractivity contribution in [2.75, 3.05) is 0 Å². The fourth-order valence-corrected chi connectivity index (χ4v) is 1.98. The number of nitriles is 1. The number of aryl methyl sites for hydroxylation is 1. The molecule has 0 radical (unpaired) electrons. The summed E-state index contributed by atoms with van der Waals surface area (Å²) in [6, 6.07) is 1.98. The van der Waals surface area contributed by atoms with Gasteiger partial charge in [0.2, 0.25) is 0 Å². The fraction of sp³-hybridized carbons (Fsp3) is 0.400. The number of hydrogen-bond acceptors (Lipinski definition) is 2. The van der Waals surface area contributed by atoms with Crippen LogP contribution in [0, 0.1) is 11.3 Å². The van der Waals surface area contributed by atoms with Crippen LogP contribution in [0.4, 0.5) is 0 Å². The maximum absolute atomic E-state index is 11.3. The molecule has 13 heavy (non-hydrogen) atoms. The average molecular weight is 174 g/mol. The molecule has 0 fully saturated rings. The normalized spacial score (nSPS) is 19.5. The van der Waals surface area contributed by atoms with Crippen LogP contribution >= 0.6 is 0 Å². The first kappa shape index (κ1) is 8.06. The largest absolute Gasteiger partial charge is 0.328 e. The van der Waals surface area contributed by atoms with E-state index >= 15 is 0 Å². The third-order valence-electron chi connectivity index (χ3n) is 2.67. The van der Waals surface area contributed by atoms with E-state index in [1.165, 1.54) is 0 Å². The molecule has 66 valence electrons. The van der Waals surface area contributed by atoms with Gasteiger partial charge in [-0.1, -0.05) is 6.92 Å². The summed E-state index contributed by atoms with van der Waals surface area (Å²) in [6.07, 6.45) is 3.76. The predicted molar refractivity (Wildman–Crippen MR) is 48.5 cm³/mol. The molecule has 1 aliphatic rings. The van der Waals surface area contributed by atoms with Gasteiger partial charge in [0, 0.05) is 6.20 Å². The molecule has 1 aromatic heterocycles. The van der Waals surface area contributed by atoms with Gasteiger partial charge in [0.05, 0.1) is 0 Å². The van der Waals surface area contributed by atoms with Gasteiger partial charge in [-0.05, 0) is 29.9 Å². The first-order chi connectivity index (χ1) is 6.24. The minimum Gasteiger partial charge on any atom is -0.328 e. The van der Waals surface area contributed by atoms with Gasteiger partial charge in [-0.15, -0.1) is 0 Å². The van der Waals surface area contributed by atoms with E-state index < -0.39 is 0 Å². The second-order valence-electron chi connectivity index (χ2n) is 3.48. The standard InChI is InChI=1S/C10H10N2O/c1-6-2-3-7-5-12-10(13)8(4-11)9(6)7/h5-6H,2-3H2,1H3,(H,12,13). The number of pyridine rings is 1. The number of nitrogens with one attached hydrogen (secondary N) is 1. The van der Waals surface area contributed by atoms with Crippen LogP contribution in [-0.2, 0) is 6.42 Å². The Bertz CT molecular complexity index is 439. The highest BCUT2D eigenvalue weighted by molar-refractivity contribution is 5.44. The van der Waals surface area contributed by atoms with Crippen LogP contribution in [0.1, 0.15) is 36.0 Å². The molecule has 3 nitrogen and oxygen atoms in total. The highest BCUT2D eigenvalue weighted by Crippen LogP contribution is 2.32. The number of hydrogen-bond donors (Lipinski definition) is 1. The summed E-state index contributed by atoms with van der Waals surface area (Å²) in [5, 5.41) is 8.83. The molecule has 0 aliphatic heterocycles. The third-order valence-corrected chi connectivity index (χ3v) is 2.67. The van der Waals surface area contributed by atoms with Crippen molar-refractivity contribution in [3.8, 4) is 6.07 Å². The summed E-state index contributed by atoms with van der Waals surface area (Å²) in [4.78, 5) is 13.9. The van der Waals surface area contributed by atoms with E-state index in [-0.39, 0.29) is 5.56 Å². The summed E-state index contributed by atoms with van der Waals surface area (Å²) in [5.41, 5.74) is 2.15. The highest BCUT2D eigenvalue weighted by Gasteiger charge is 2.23. The molecule has 0 saturated carbocycles. The Balaban J connectivity index is 2.76. The number of aromatic nitrogens is 1. The molecule has 3 heteroatoms. The van der Waals surface area contributed by atoms with E-state index in [1.54, 1.807) is 6.20 Å². The number of rotatable bonds is 0. The molecule has 0 spiro atoms. The Morgan fingerprint density at radius 3 is 3.15 bits per heavy atom. The predicted octanol–water partition coefficient (Wildman–Crippen LogP) is 1.30. The Morgan fingerprint density at radius 2 is 2.46 bits per heavy atom. The van der Waals surface area contributed by atoms with Crippen molar-refractivity contribution < 1.29 is 0 Å². The molecule has 2 rings (SSSR count). The smallest absolute Gasteiger partial charge is 0.266 e. The second-order valence-corrected chi connectivity index (χ2v) is 3.48. The van der Waals surface area contributed by atoms with Crippen molar-refractivity contribution >= 4 is 0 Å². The Labute approximate surface area is 76.0 Å². The Morgan fingerprint density at radius 1 is 1.69 bits per heavy atom. The fourth-order valence-electron chi connectivity index (χ4n) is 1.98. The van der Waals surface area contributed by atoms with Gasteiger partial charge in [-0.3, -0.25) is 4.79 Å². The molecule has 0 aromatic carbocycles. The summed E-state index contributed by atoms with van der Waals surface area (Å²) in [6.45, 7) is 2.06. The summed E-state index contributed by atoms with van der Waals surface area (Å²) < 4.78 is 0. The zero-order valence-corrected chi connectivity index (χ0v) is 7.42. The molecule has 0 amide bonds. The van der Waals surface area contributed by atoms with Crippen LogP contribution in [0.25, 0.3) is 0 Å². The van der Waals surface area contributed by atoms with E-state index in [1.807, 2.05) is 6.07 Å². The lowest BCUT2D eigenvalue weighted by atomic mass is 10.0. The number of fused-ring (bicyclic) bond motifs is 1. The Hall–Kier alpha value is -1.56. The van der Waals surface area contributed by atoms with Crippen molar-refractivity contribution in [3.05, 3.63) is 33.2 Å². The quantitative estimate of drug-likeness (QED) is 0.644. The van der Waals surface area contributed by atoms with Crippen molar-refractivity contribution in [2.24, 2.45) is 0 Å². The molecule has 1 unspecified atom stereocenters. The van der Waals surface area contributed by atoms with Crippen LogP contribution in [0.5, 0.6) is 0 Å². The zero-order valence-electron chi connectivity index (χ0n) is 7.42. The van der Waals surface area contributed by atoms with Crippen molar-refractivity contribution in [2.45, 2.75) is 25.7 Å². The second kappa shape index (κ2) is 2.74. The summed E-state index contributed by atoms with van der Waals surface area (Å²) in [5.74, 6) is 0.354. The monoisotopic (exact) mass is 174 g/mol. The van der Waals surface area contributed by atoms with E-state index in [0.717, 1.165) is 24.0 Å². The van der Waals surface area contributed by atoms with E-state index in [0.29, 0.717) is 11.5 Å². The van der Waals surface area contributed by atoms with E-state index in [2.05, 4.69) is 11.9 Å². The van der Waals surface area contributed by atoms with Crippen molar-refractivity contribution in [1.29, 1.82) is 5.26 Å². The first-order valence-electron chi connectivity index (χ1n) is 4.38. The zero-order chi connectivity index (χ0) is 9.42. The van der Waals surface area contributed by atoms with Crippen LogP contribution in [0.2, 0.25) is 0 Å². The van der Waals surface area contributed by atoms with Crippen LogP contribution < -0.4 is 5.56 Å². The van der Waals surface area contributed by atoms with Gasteiger partial charge >= 0.3 is 0 Å². The van der Waals surface area contributed by atoms with Gasteiger partial charge < -0.3 is 4.98 Å². The van der Waals surface area contributed by atoms with Crippen LogP contribution in [0.15, 0.2) is 11.0 Å². The van der Waals surface area contributed by atoms with Gasteiger partial charge in [-0.2, -0.15) is 5.26 Å². The van der Waals surface area contributed by atoms with Crippen molar-refractivity contribution in [3.63, 3.8) is 0 Å². The topological polar surface area (TPSA) is 56.6 Å². The maximum Gasteiger partial charge on any atom is 0.266 e. The van der Waals surface area contributed by atoms with E-state index in [9.17, 15) is 4.79 Å². The molecule has 1 N–H and O–H groups in total. The highest BCUT2D eigenvalue weighted by atomic mass is 16.1. The van der Waals surface area contributed by atoms with Gasteiger partial charge in [0.25, 0.3) is 5.56 Å². The average Bonchev–Trinajstić information content (AvgIpc) is 2.49. The van der Waals surface area contributed by atoms with Gasteiger partial charge in [-0.25, -0.2) is 0 Å². The number of aromatic amines is 1.